The molecule has 4 heteroatoms. The largest absolute Gasteiger partial charge is 0.237 e. The first kappa shape index (κ1) is 12.4. The molecular formula is C12H18N4. The van der Waals surface area contributed by atoms with Crippen LogP contribution in [0.5, 0.6) is 0 Å². The van der Waals surface area contributed by atoms with Crippen LogP contribution in [0.2, 0.25) is 0 Å². The van der Waals surface area contributed by atoms with Crippen molar-refractivity contribution in [2.24, 2.45) is 4.99 Å². The number of rotatable bonds is 1. The maximum absolute atomic E-state index is 4.32. The van der Waals surface area contributed by atoms with E-state index < -0.39 is 0 Å². The van der Waals surface area contributed by atoms with Crippen molar-refractivity contribution in [1.82, 2.24) is 15.0 Å². The number of aryl methyl sites for hydroxylation is 1. The van der Waals surface area contributed by atoms with Gasteiger partial charge in [-0.3, -0.25) is 0 Å². The summed E-state index contributed by atoms with van der Waals surface area (Å²) in [5.74, 6) is 0.832. The average Bonchev–Trinajstić information content (AvgIpc) is 2.60. The topological polar surface area (TPSA) is 43.1 Å². The highest BCUT2D eigenvalue weighted by molar-refractivity contribution is 5.82. The molecule has 0 radical (unpaired) electrons. The Bertz CT molecular complexity index is 424. The molecule has 0 saturated heterocycles. The second-order valence-corrected chi connectivity index (χ2v) is 3.31. The van der Waals surface area contributed by atoms with Crippen LogP contribution in [0.15, 0.2) is 28.9 Å². The molecule has 1 aliphatic heterocycles. The standard InChI is InChI=1S/C10H12N4.C2H6/c1-8-4-3-5-10(11-6-8)14-7-9(2)12-13-14;1-2/h4-7H,3H2,1-2H3;1-2H3. The fourth-order valence-electron chi connectivity index (χ4n) is 1.24. The van der Waals surface area contributed by atoms with Gasteiger partial charge < -0.3 is 0 Å². The molecule has 0 fully saturated rings. The molecule has 0 aromatic carbocycles. The van der Waals surface area contributed by atoms with Crippen molar-refractivity contribution in [1.29, 1.82) is 0 Å². The van der Waals surface area contributed by atoms with E-state index in [0.29, 0.717) is 0 Å². The Kier molecular flexibility index (Phi) is 4.64. The second-order valence-electron chi connectivity index (χ2n) is 3.31. The minimum absolute atomic E-state index is 0.832. The number of hydrogen-bond donors (Lipinski definition) is 0. The van der Waals surface area contributed by atoms with E-state index >= 15 is 0 Å². The Morgan fingerprint density at radius 2 is 1.94 bits per heavy atom. The summed E-state index contributed by atoms with van der Waals surface area (Å²) in [6.45, 7) is 7.95. The van der Waals surface area contributed by atoms with Crippen LogP contribution < -0.4 is 0 Å². The molecule has 4 nitrogen and oxygen atoms in total. The van der Waals surface area contributed by atoms with E-state index in [2.05, 4.69) is 21.4 Å². The predicted octanol–water partition coefficient (Wildman–Crippen LogP) is 2.83. The zero-order valence-corrected chi connectivity index (χ0v) is 10.3. The number of aliphatic imine (C=N–C) groups is 1. The summed E-state index contributed by atoms with van der Waals surface area (Å²) < 4.78 is 1.69. The van der Waals surface area contributed by atoms with E-state index in [1.165, 1.54) is 5.57 Å². The van der Waals surface area contributed by atoms with Gasteiger partial charge in [0.1, 0.15) is 0 Å². The van der Waals surface area contributed by atoms with Crippen LogP contribution in [-0.4, -0.2) is 21.2 Å². The Balaban J connectivity index is 0.000000606. The van der Waals surface area contributed by atoms with Crippen molar-refractivity contribution in [2.45, 2.75) is 34.1 Å². The van der Waals surface area contributed by atoms with Crippen LogP contribution in [0.25, 0.3) is 5.82 Å². The molecule has 0 aliphatic carbocycles. The van der Waals surface area contributed by atoms with Gasteiger partial charge in [0.25, 0.3) is 0 Å². The summed E-state index contributed by atoms with van der Waals surface area (Å²) in [5, 5.41) is 7.89. The molecule has 2 heterocycles. The van der Waals surface area contributed by atoms with Gasteiger partial charge in [0.05, 0.1) is 11.9 Å². The molecule has 0 saturated carbocycles. The average molecular weight is 218 g/mol. The molecule has 0 amide bonds. The minimum Gasteiger partial charge on any atom is -0.237 e. The Labute approximate surface area is 96.4 Å². The Hall–Kier alpha value is -1.71. The highest BCUT2D eigenvalue weighted by Gasteiger charge is 2.02. The lowest BCUT2D eigenvalue weighted by Crippen LogP contribution is -1.95. The van der Waals surface area contributed by atoms with Crippen molar-refractivity contribution in [2.75, 3.05) is 0 Å². The molecule has 0 unspecified atom stereocenters. The monoisotopic (exact) mass is 218 g/mol. The number of hydrogen-bond acceptors (Lipinski definition) is 3. The third-order valence-electron chi connectivity index (χ3n) is 1.98. The van der Waals surface area contributed by atoms with Crippen LogP contribution in [0.3, 0.4) is 0 Å². The molecule has 0 bridgehead atoms. The summed E-state index contributed by atoms with van der Waals surface area (Å²) in [7, 11) is 0. The second kappa shape index (κ2) is 6.00. The lowest BCUT2D eigenvalue weighted by molar-refractivity contribution is 0.805. The van der Waals surface area contributed by atoms with Crippen molar-refractivity contribution in [3.8, 4) is 0 Å². The van der Waals surface area contributed by atoms with Gasteiger partial charge >= 0.3 is 0 Å². The first-order valence-electron chi connectivity index (χ1n) is 5.56. The highest BCUT2D eigenvalue weighted by atomic mass is 15.4. The maximum atomic E-state index is 4.32. The molecule has 86 valence electrons. The van der Waals surface area contributed by atoms with Crippen molar-refractivity contribution < 1.29 is 0 Å². The normalized spacial score (nSPS) is 14.5. The van der Waals surface area contributed by atoms with Gasteiger partial charge in [0, 0.05) is 6.21 Å². The lowest BCUT2D eigenvalue weighted by atomic mass is 10.3. The highest BCUT2D eigenvalue weighted by Crippen LogP contribution is 2.10. The molecular weight excluding hydrogens is 200 g/mol. The van der Waals surface area contributed by atoms with Crippen LogP contribution in [0, 0.1) is 6.92 Å². The molecule has 1 aromatic heterocycles. The summed E-state index contributed by atoms with van der Waals surface area (Å²) in [6, 6.07) is 0. The third kappa shape index (κ3) is 3.15. The number of allylic oxidation sites excluding steroid dienone is 3. The van der Waals surface area contributed by atoms with Crippen LogP contribution >= 0.6 is 0 Å². The molecule has 16 heavy (non-hydrogen) atoms. The van der Waals surface area contributed by atoms with E-state index in [-0.39, 0.29) is 0 Å². The van der Waals surface area contributed by atoms with Gasteiger partial charge in [-0.15, -0.1) is 5.10 Å². The summed E-state index contributed by atoms with van der Waals surface area (Å²) in [6.07, 6.45) is 8.75. The molecule has 0 spiro atoms. The van der Waals surface area contributed by atoms with Crippen molar-refractivity contribution in [3.63, 3.8) is 0 Å². The van der Waals surface area contributed by atoms with Gasteiger partial charge in [-0.05, 0) is 31.9 Å². The fourth-order valence-corrected chi connectivity index (χ4v) is 1.24. The van der Waals surface area contributed by atoms with Crippen molar-refractivity contribution >= 4 is 12.0 Å². The third-order valence-corrected chi connectivity index (χ3v) is 1.98. The smallest absolute Gasteiger partial charge is 0.151 e. The van der Waals surface area contributed by atoms with E-state index in [9.17, 15) is 0 Å². The van der Waals surface area contributed by atoms with E-state index in [4.69, 9.17) is 0 Å². The minimum atomic E-state index is 0.832. The van der Waals surface area contributed by atoms with Gasteiger partial charge in [-0.2, -0.15) is 0 Å². The van der Waals surface area contributed by atoms with Gasteiger partial charge in [0.2, 0.25) is 0 Å². The van der Waals surface area contributed by atoms with Gasteiger partial charge in [-0.1, -0.05) is 25.1 Å². The number of nitrogens with zero attached hydrogens (tertiary/aromatic N) is 4. The first-order chi connectivity index (χ1) is 7.75. The maximum Gasteiger partial charge on any atom is 0.151 e. The zero-order chi connectivity index (χ0) is 12.0. The van der Waals surface area contributed by atoms with Gasteiger partial charge in [0.15, 0.2) is 5.82 Å². The van der Waals surface area contributed by atoms with Crippen LogP contribution in [0.1, 0.15) is 32.9 Å². The SMILES string of the molecule is CC.CC1=CCC=C(n2cc(C)nn2)N=C1. The number of aromatic nitrogens is 3. The van der Waals surface area contributed by atoms with Crippen LogP contribution in [-0.2, 0) is 0 Å². The van der Waals surface area contributed by atoms with Gasteiger partial charge in [-0.25, -0.2) is 9.67 Å². The zero-order valence-electron chi connectivity index (χ0n) is 10.3. The van der Waals surface area contributed by atoms with E-state index in [0.717, 1.165) is 17.9 Å². The fraction of sp³-hybridized carbons (Fsp3) is 0.417. The first-order valence-corrected chi connectivity index (χ1v) is 5.56. The quantitative estimate of drug-likeness (QED) is 0.727. The summed E-state index contributed by atoms with van der Waals surface area (Å²) in [4.78, 5) is 4.32. The Morgan fingerprint density at radius 3 is 2.56 bits per heavy atom. The molecule has 0 atom stereocenters. The predicted molar refractivity (Wildman–Crippen MR) is 67.2 cm³/mol. The van der Waals surface area contributed by atoms with Crippen molar-refractivity contribution in [3.05, 3.63) is 29.6 Å². The van der Waals surface area contributed by atoms with E-state index in [1.54, 1.807) is 4.68 Å². The summed E-state index contributed by atoms with van der Waals surface area (Å²) >= 11 is 0. The summed E-state index contributed by atoms with van der Waals surface area (Å²) in [5.41, 5.74) is 2.07. The Morgan fingerprint density at radius 1 is 1.19 bits per heavy atom. The lowest BCUT2D eigenvalue weighted by Gasteiger charge is -1.97. The molecule has 0 N–H and O–H groups in total. The van der Waals surface area contributed by atoms with E-state index in [1.807, 2.05) is 46.2 Å². The molecule has 2 rings (SSSR count). The molecule has 1 aromatic rings. The van der Waals surface area contributed by atoms with Crippen LogP contribution in [0.4, 0.5) is 0 Å². The molecule has 1 aliphatic rings.